The van der Waals surface area contributed by atoms with E-state index in [1.807, 2.05) is 75.4 Å². The number of hydrogen-bond donors (Lipinski definition) is 1. The number of terminal acetylenes is 1. The Bertz CT molecular complexity index is 1160. The highest BCUT2D eigenvalue weighted by molar-refractivity contribution is 5.76. The van der Waals surface area contributed by atoms with Crippen molar-refractivity contribution in [2.45, 2.75) is 104 Å². The zero-order valence-corrected chi connectivity index (χ0v) is 26.2. The van der Waals surface area contributed by atoms with Crippen molar-refractivity contribution in [3.05, 3.63) is 65.7 Å². The smallest absolute Gasteiger partial charge is 0.407 e. The van der Waals surface area contributed by atoms with Crippen molar-refractivity contribution in [2.24, 2.45) is 23.7 Å². The van der Waals surface area contributed by atoms with Crippen LogP contribution in [-0.4, -0.2) is 29.8 Å². The first-order valence-electron chi connectivity index (χ1n) is 15.3. The first kappa shape index (κ1) is 33.0. The summed E-state index contributed by atoms with van der Waals surface area (Å²) < 4.78 is 17.5. The van der Waals surface area contributed by atoms with Crippen LogP contribution in [0.4, 0.5) is 4.79 Å². The molecule has 0 spiro atoms. The van der Waals surface area contributed by atoms with Crippen molar-refractivity contribution in [1.82, 2.24) is 5.32 Å². The second-order valence-corrected chi connectivity index (χ2v) is 13.2. The third-order valence-electron chi connectivity index (χ3n) is 7.61. The minimum Gasteiger partial charge on any atom is -0.489 e. The lowest BCUT2D eigenvalue weighted by Gasteiger charge is -2.36. The minimum atomic E-state index is -0.782. The highest BCUT2D eigenvalue weighted by atomic mass is 16.6. The van der Waals surface area contributed by atoms with Gasteiger partial charge in [0.15, 0.2) is 0 Å². The van der Waals surface area contributed by atoms with Crippen LogP contribution in [-0.2, 0) is 27.3 Å². The van der Waals surface area contributed by atoms with Gasteiger partial charge in [-0.3, -0.25) is 4.79 Å². The average molecular weight is 576 g/mol. The number of carbonyl (C=O) groups is 2. The molecule has 1 fully saturated rings. The number of hydrogen-bond acceptors (Lipinski definition) is 5. The van der Waals surface area contributed by atoms with Crippen LogP contribution in [0.2, 0.25) is 0 Å². The Morgan fingerprint density at radius 2 is 1.71 bits per heavy atom. The Morgan fingerprint density at radius 3 is 2.33 bits per heavy atom. The van der Waals surface area contributed by atoms with E-state index in [1.165, 1.54) is 0 Å². The fourth-order valence-electron chi connectivity index (χ4n) is 5.57. The molecule has 6 nitrogen and oxygen atoms in total. The molecule has 0 aromatic heterocycles. The Hall–Kier alpha value is -3.46. The highest BCUT2D eigenvalue weighted by Gasteiger charge is 2.34. The van der Waals surface area contributed by atoms with Crippen LogP contribution < -0.4 is 10.1 Å². The normalized spacial score (nSPS) is 20.2. The average Bonchev–Trinajstić information content (AvgIpc) is 2.92. The van der Waals surface area contributed by atoms with E-state index in [4.69, 9.17) is 20.6 Å². The maximum absolute atomic E-state index is 13.4. The van der Waals surface area contributed by atoms with E-state index in [0.717, 1.165) is 42.6 Å². The van der Waals surface area contributed by atoms with Gasteiger partial charge in [-0.05, 0) is 93.9 Å². The molecule has 3 rings (SSSR count). The molecule has 0 saturated heterocycles. The molecule has 0 unspecified atom stereocenters. The number of amides is 1. The first-order valence-corrected chi connectivity index (χ1v) is 15.3. The maximum Gasteiger partial charge on any atom is 0.407 e. The van der Waals surface area contributed by atoms with Crippen molar-refractivity contribution in [3.8, 4) is 18.1 Å². The predicted molar refractivity (Wildman–Crippen MR) is 167 cm³/mol. The predicted octanol–water partition coefficient (Wildman–Crippen LogP) is 7.74. The van der Waals surface area contributed by atoms with E-state index in [9.17, 15) is 9.59 Å². The number of nitrogens with one attached hydrogen (secondary N) is 1. The summed E-state index contributed by atoms with van der Waals surface area (Å²) >= 11 is 0. The van der Waals surface area contributed by atoms with Crippen LogP contribution in [0.1, 0.15) is 84.8 Å². The van der Waals surface area contributed by atoms with Gasteiger partial charge in [0.2, 0.25) is 0 Å². The number of ether oxygens (including phenoxy) is 3. The second-order valence-electron chi connectivity index (χ2n) is 13.2. The van der Waals surface area contributed by atoms with Crippen LogP contribution in [0.15, 0.2) is 54.6 Å². The standard InChI is InChI=1S/C36H49NO5/c1-8-29(34(38)41-33-21-26(4)14-17-30(33)20-25(2)3)23-31(37-35(39)42-36(5,6)7)22-27-15-18-32(19-16-27)40-24-28-12-10-9-11-13-28/h1,9-13,15-16,18-19,25-26,29-31,33H,14,17,20-24H2,2-7H3,(H,37,39)/t26-,29-,30+,31+,33-/m1/s1. The van der Waals surface area contributed by atoms with Crippen molar-refractivity contribution < 1.29 is 23.8 Å². The number of esters is 1. The van der Waals surface area contributed by atoms with Gasteiger partial charge < -0.3 is 19.5 Å². The van der Waals surface area contributed by atoms with Gasteiger partial charge in [-0.25, -0.2) is 4.79 Å². The quantitative estimate of drug-likeness (QED) is 0.207. The number of carbonyl (C=O) groups excluding carboxylic acids is 2. The highest BCUT2D eigenvalue weighted by Crippen LogP contribution is 2.35. The molecular formula is C36H49NO5. The van der Waals surface area contributed by atoms with Crippen LogP contribution in [0.5, 0.6) is 5.75 Å². The number of alkyl carbamates (subject to hydrolysis) is 1. The Labute approximate surface area is 252 Å². The summed E-state index contributed by atoms with van der Waals surface area (Å²) in [5, 5.41) is 2.95. The topological polar surface area (TPSA) is 73.9 Å². The third kappa shape index (κ3) is 11.4. The molecular weight excluding hydrogens is 526 g/mol. The zero-order valence-electron chi connectivity index (χ0n) is 26.2. The lowest BCUT2D eigenvalue weighted by atomic mass is 9.77. The summed E-state index contributed by atoms with van der Waals surface area (Å²) in [5.41, 5.74) is 1.42. The monoisotopic (exact) mass is 575 g/mol. The number of benzene rings is 2. The van der Waals surface area contributed by atoms with E-state index in [0.29, 0.717) is 30.8 Å². The summed E-state index contributed by atoms with van der Waals surface area (Å²) in [7, 11) is 0. The SMILES string of the molecule is C#C[C@H](C[C@H](Cc1ccc(OCc2ccccc2)cc1)NC(=O)OC(C)(C)C)C(=O)O[C@@H]1C[C@H](C)CC[C@H]1CC(C)C. The molecule has 5 atom stereocenters. The third-order valence-corrected chi connectivity index (χ3v) is 7.61. The van der Waals surface area contributed by atoms with Gasteiger partial charge in [0, 0.05) is 6.04 Å². The van der Waals surface area contributed by atoms with E-state index >= 15 is 0 Å². The van der Waals surface area contributed by atoms with Crippen LogP contribution in [0.3, 0.4) is 0 Å². The summed E-state index contributed by atoms with van der Waals surface area (Å²) in [6.45, 7) is 12.5. The van der Waals surface area contributed by atoms with Crippen LogP contribution >= 0.6 is 0 Å². The van der Waals surface area contributed by atoms with E-state index < -0.39 is 23.7 Å². The number of rotatable bonds is 12. The molecule has 1 aliphatic carbocycles. The molecule has 0 aliphatic heterocycles. The molecule has 2 aromatic rings. The van der Waals surface area contributed by atoms with Crippen molar-refractivity contribution in [3.63, 3.8) is 0 Å². The van der Waals surface area contributed by atoms with Crippen LogP contribution in [0.25, 0.3) is 0 Å². The Morgan fingerprint density at radius 1 is 1.02 bits per heavy atom. The van der Waals surface area contributed by atoms with Crippen molar-refractivity contribution in [2.75, 3.05) is 0 Å². The van der Waals surface area contributed by atoms with Gasteiger partial charge in [0.05, 0.1) is 0 Å². The van der Waals surface area contributed by atoms with Crippen molar-refractivity contribution >= 4 is 12.1 Å². The largest absolute Gasteiger partial charge is 0.489 e. The molecule has 1 saturated carbocycles. The molecule has 2 aromatic carbocycles. The fraction of sp³-hybridized carbons (Fsp3) is 0.556. The molecule has 0 bridgehead atoms. The summed E-state index contributed by atoms with van der Waals surface area (Å²) in [4.78, 5) is 26.1. The molecule has 0 heterocycles. The zero-order chi connectivity index (χ0) is 30.7. The minimum absolute atomic E-state index is 0.125. The van der Waals surface area contributed by atoms with Gasteiger partial charge >= 0.3 is 12.1 Å². The summed E-state index contributed by atoms with van der Waals surface area (Å²) in [5.74, 6) is 3.63. The van der Waals surface area contributed by atoms with E-state index in [2.05, 4.69) is 32.0 Å². The van der Waals surface area contributed by atoms with E-state index in [-0.39, 0.29) is 18.5 Å². The summed E-state index contributed by atoms with van der Waals surface area (Å²) in [6.07, 6.45) is 10.0. The van der Waals surface area contributed by atoms with Gasteiger partial charge in [0.1, 0.15) is 30.0 Å². The molecule has 1 amide bonds. The van der Waals surface area contributed by atoms with Gasteiger partial charge in [-0.1, -0.05) is 75.6 Å². The molecule has 6 heteroatoms. The van der Waals surface area contributed by atoms with Gasteiger partial charge in [0.25, 0.3) is 0 Å². The molecule has 1 N–H and O–H groups in total. The lowest BCUT2D eigenvalue weighted by molar-refractivity contribution is -0.158. The van der Waals surface area contributed by atoms with Crippen molar-refractivity contribution in [1.29, 1.82) is 0 Å². The molecule has 228 valence electrons. The van der Waals surface area contributed by atoms with Crippen LogP contribution in [0, 0.1) is 36.0 Å². The second kappa shape index (κ2) is 15.7. The Kier molecular flexibility index (Phi) is 12.3. The van der Waals surface area contributed by atoms with Gasteiger partial charge in [-0.2, -0.15) is 0 Å². The fourth-order valence-corrected chi connectivity index (χ4v) is 5.57. The van der Waals surface area contributed by atoms with E-state index in [1.54, 1.807) is 0 Å². The Balaban J connectivity index is 1.68. The summed E-state index contributed by atoms with van der Waals surface area (Å²) in [6, 6.07) is 17.3. The molecule has 1 aliphatic rings. The molecule has 42 heavy (non-hydrogen) atoms. The van der Waals surface area contributed by atoms with Gasteiger partial charge in [-0.15, -0.1) is 6.42 Å². The first-order chi connectivity index (χ1) is 19.9. The maximum atomic E-state index is 13.4. The lowest BCUT2D eigenvalue weighted by Crippen LogP contribution is -2.42. The molecule has 0 radical (unpaired) electrons.